The second-order valence-electron chi connectivity index (χ2n) is 42.7. The number of amidine groups is 4. The number of aliphatic imine (C=N–C) groups is 4. The van der Waals surface area contributed by atoms with Gasteiger partial charge in [-0.25, -0.2) is 48.7 Å². The van der Waals surface area contributed by atoms with Crippen LogP contribution in [0, 0.1) is 33.3 Å². The highest BCUT2D eigenvalue weighted by atomic mass is 19.1. The van der Waals surface area contributed by atoms with Crippen LogP contribution in [0.2, 0.25) is 0 Å². The van der Waals surface area contributed by atoms with Crippen LogP contribution in [0.3, 0.4) is 0 Å². The normalized spacial score (nSPS) is 21.7. The first-order valence-electron chi connectivity index (χ1n) is 52.2. The summed E-state index contributed by atoms with van der Waals surface area (Å²) in [5.41, 5.74) is 53.4. The summed E-state index contributed by atoms with van der Waals surface area (Å²) in [5.74, 6) is 6.88. The molecule has 34 heteroatoms. The molecule has 22 heterocycles. The van der Waals surface area contributed by atoms with Gasteiger partial charge in [0.25, 0.3) is 5.56 Å². The SMILES string of the molecule is Cn1cc(-c2ccc3c(n2)CCCN3C2=NCc3nc(N4CCC5(CC4)Cc4cccc(F)c4[C@H]5N)cnc32)cn1.Cn1ccc2c(c1=O)CCCN2C1=NCc2nc(N3CCC4(CC3)Cc3ccccc3[C@H]4N)cnc21.N[C@@H]1c2c(F)cccc2CC12CCN(c1cnc3c(n1)CN=C3N1CCCc3ncccc31)CC2.N[C@@H]1c2cccnc2CC12CCN(c1cnc3c(n1)CN=C3N1CCCc3ncccc31)CC2. The number of pyridine rings is 5. The van der Waals surface area contributed by atoms with E-state index < -0.39 is 0 Å². The van der Waals surface area contributed by atoms with Gasteiger partial charge in [0, 0.05) is 176 Å². The van der Waals surface area contributed by atoms with Crippen molar-refractivity contribution in [1.29, 1.82) is 0 Å². The fraction of sp³-hybridized carbons (Fsp3) is 0.411. The van der Waals surface area contributed by atoms with Crippen LogP contribution in [0.25, 0.3) is 11.3 Å². The van der Waals surface area contributed by atoms with Crippen LogP contribution in [-0.4, -0.2) is 176 Å². The van der Waals surface area contributed by atoms with E-state index >= 15 is 0 Å². The zero-order valence-electron chi connectivity index (χ0n) is 82.6. The summed E-state index contributed by atoms with van der Waals surface area (Å²) in [6, 6.07) is 37.7. The molecular weight excluding hydrogens is 1830 g/mol. The summed E-state index contributed by atoms with van der Waals surface area (Å²) >= 11 is 0. The number of hydrogen-bond donors (Lipinski definition) is 4. The highest BCUT2D eigenvalue weighted by Gasteiger charge is 2.53. The Hall–Kier alpha value is -14.5. The van der Waals surface area contributed by atoms with Gasteiger partial charge in [0.1, 0.15) is 57.7 Å². The Morgan fingerprint density at radius 2 is 0.726 bits per heavy atom. The maximum Gasteiger partial charge on any atom is 0.255 e. The van der Waals surface area contributed by atoms with E-state index in [-0.39, 0.29) is 63.0 Å². The van der Waals surface area contributed by atoms with E-state index in [1.807, 2.05) is 105 Å². The first-order chi connectivity index (χ1) is 71.4. The van der Waals surface area contributed by atoms with E-state index in [2.05, 4.69) is 114 Å². The van der Waals surface area contributed by atoms with E-state index in [1.54, 1.807) is 28.4 Å². The Balaban J connectivity index is 0.0000000991. The van der Waals surface area contributed by atoms with Crippen molar-refractivity contribution in [2.45, 2.75) is 179 Å². The zero-order valence-corrected chi connectivity index (χ0v) is 82.6. The predicted octanol–water partition coefficient (Wildman–Crippen LogP) is 13.1. The molecule has 0 radical (unpaired) electrons. The third-order valence-corrected chi connectivity index (χ3v) is 34.8. The quantitative estimate of drug-likeness (QED) is 0.124. The van der Waals surface area contributed by atoms with Gasteiger partial charge in [0.15, 0.2) is 23.3 Å². The largest absolute Gasteiger partial charge is 0.355 e. The van der Waals surface area contributed by atoms with Crippen LogP contribution in [0.15, 0.2) is 202 Å². The molecule has 0 amide bonds. The van der Waals surface area contributed by atoms with Gasteiger partial charge in [-0.2, -0.15) is 5.10 Å². The number of rotatable bonds is 5. The minimum Gasteiger partial charge on any atom is -0.355 e. The summed E-state index contributed by atoms with van der Waals surface area (Å²) in [5, 5.41) is 4.29. The maximum absolute atomic E-state index is 14.6. The lowest BCUT2D eigenvalue weighted by atomic mass is 9.73. The molecule has 0 saturated carbocycles. The number of nitrogens with two attached hydrogens (primary N) is 4. The Morgan fingerprint density at radius 1 is 0.342 bits per heavy atom. The molecule has 8 N–H and O–H groups in total. The molecule has 13 aromatic rings. The molecule has 32 nitrogen and oxygen atoms in total. The number of aromatic nitrogens is 15. The lowest BCUT2D eigenvalue weighted by molar-refractivity contribution is 0.185. The molecule has 4 saturated heterocycles. The van der Waals surface area contributed by atoms with Gasteiger partial charge in [-0.1, -0.05) is 54.6 Å². The fourth-order valence-corrected chi connectivity index (χ4v) is 26.6. The molecule has 29 rings (SSSR count). The van der Waals surface area contributed by atoms with Gasteiger partial charge in [-0.15, -0.1) is 0 Å². The topological polar surface area (TPSA) is 374 Å². The first-order valence-corrected chi connectivity index (χ1v) is 52.2. The first kappa shape index (κ1) is 91.5. The van der Waals surface area contributed by atoms with Crippen molar-refractivity contribution in [2.75, 3.05) is 118 Å². The minimum absolute atomic E-state index is 0.0716. The molecule has 16 aliphatic rings. The molecule has 4 aliphatic carbocycles. The second kappa shape index (κ2) is 36.6. The minimum atomic E-state index is -0.259. The molecule has 4 atom stereocenters. The molecule has 4 fully saturated rings. The zero-order chi connectivity index (χ0) is 98.4. The van der Waals surface area contributed by atoms with E-state index in [0.29, 0.717) is 31.7 Å². The van der Waals surface area contributed by atoms with Gasteiger partial charge in [-0.3, -0.25) is 49.4 Å². The summed E-state index contributed by atoms with van der Waals surface area (Å²) in [4.78, 5) is 109. The molecule has 742 valence electrons. The molecule has 146 heavy (non-hydrogen) atoms. The van der Waals surface area contributed by atoms with Crippen molar-refractivity contribution in [1.82, 2.24) is 74.2 Å². The summed E-state index contributed by atoms with van der Waals surface area (Å²) in [7, 11) is 3.72. The van der Waals surface area contributed by atoms with Crippen LogP contribution < -0.4 is 67.7 Å². The molecule has 0 bridgehead atoms. The van der Waals surface area contributed by atoms with Crippen LogP contribution >= 0.6 is 0 Å². The third kappa shape index (κ3) is 15.8. The van der Waals surface area contributed by atoms with Gasteiger partial charge >= 0.3 is 0 Å². The van der Waals surface area contributed by atoms with E-state index in [9.17, 15) is 13.6 Å². The number of fused-ring (bicyclic) bond motifs is 12. The average Bonchev–Trinajstić information content (AvgIpc) is 1.59. The second-order valence-corrected chi connectivity index (χ2v) is 42.7. The van der Waals surface area contributed by atoms with Crippen molar-refractivity contribution in [2.24, 2.45) is 78.7 Å². The summed E-state index contributed by atoms with van der Waals surface area (Å²) in [6.07, 6.45) is 38.3. The van der Waals surface area contributed by atoms with Crippen LogP contribution in [-0.2, 0) is 91.6 Å². The number of hydrogen-bond acceptors (Lipinski definition) is 30. The van der Waals surface area contributed by atoms with Crippen molar-refractivity contribution < 1.29 is 8.78 Å². The molecule has 10 aromatic heterocycles. The number of anilines is 8. The predicted molar refractivity (Wildman–Crippen MR) is 560 cm³/mol. The van der Waals surface area contributed by atoms with Gasteiger partial charge < -0.3 is 66.7 Å². The van der Waals surface area contributed by atoms with Crippen LogP contribution in [0.1, 0.15) is 214 Å². The monoisotopic (exact) mass is 1950 g/mol. The smallest absolute Gasteiger partial charge is 0.255 e. The summed E-state index contributed by atoms with van der Waals surface area (Å²) in [6.45, 7) is 12.8. The lowest BCUT2D eigenvalue weighted by Gasteiger charge is -2.42. The number of nitrogens with zero attached hydrogens (tertiary/aromatic N) is 27. The van der Waals surface area contributed by atoms with E-state index in [1.165, 1.54) is 34.5 Å². The molecule has 0 unspecified atom stereocenters. The van der Waals surface area contributed by atoms with Crippen molar-refractivity contribution in [3.8, 4) is 11.3 Å². The highest BCUT2D eigenvalue weighted by Crippen LogP contribution is 2.57. The maximum atomic E-state index is 14.6. The molecule has 12 aliphatic heterocycles. The Labute approximate surface area is 845 Å². The molecular formula is C112H119F2N31O. The Bertz CT molecular complexity index is 7550. The third-order valence-electron chi connectivity index (χ3n) is 34.8. The summed E-state index contributed by atoms with van der Waals surface area (Å²) < 4.78 is 32.5. The fourth-order valence-electron chi connectivity index (χ4n) is 26.6. The Kier molecular flexibility index (Phi) is 22.9. The van der Waals surface area contributed by atoms with Crippen molar-refractivity contribution in [3.05, 3.63) is 312 Å². The molecule has 3 aromatic carbocycles. The highest BCUT2D eigenvalue weighted by molar-refractivity contribution is 6.14. The average molecular weight is 1950 g/mol. The lowest BCUT2D eigenvalue weighted by Crippen LogP contribution is -2.44. The van der Waals surface area contributed by atoms with Crippen LogP contribution in [0.4, 0.5) is 54.8 Å². The number of benzene rings is 3. The number of halogens is 2. The van der Waals surface area contributed by atoms with Gasteiger partial charge in [-0.05, 0) is 239 Å². The van der Waals surface area contributed by atoms with E-state index in [0.717, 1.165) is 372 Å². The van der Waals surface area contributed by atoms with Crippen LogP contribution in [0.5, 0.6) is 0 Å². The van der Waals surface area contributed by atoms with E-state index in [4.69, 9.17) is 87.8 Å². The van der Waals surface area contributed by atoms with Crippen molar-refractivity contribution in [3.63, 3.8) is 0 Å². The van der Waals surface area contributed by atoms with Gasteiger partial charge in [0.05, 0.1) is 125 Å². The number of aryl methyl sites for hydroxylation is 5. The van der Waals surface area contributed by atoms with Gasteiger partial charge in [0.2, 0.25) is 0 Å². The standard InChI is InChI=1S/C31H32FN9.C28H31N7O.C27H28FN7.C26H28N8/c1-39-18-20(15-36-39)22-7-8-25-23(37-22)6-3-11-41(25)30-28-24(16-35-30)38-26(17-34-28)40-12-9-31(10-13-40)14-19-4-2-5-21(32)27(19)29(31)33;1-33-12-8-22-20(27(33)36)7-4-11-35(22)26-24-21(16-31-26)32-23(17-30-24)34-13-9-28(10-14-34)15-18-5-2-3-6-19(18)25(28)29;28-18-5-1-4-17-14-27(25(29)23(17)18)8-12-34(13-9-27)22-16-31-24-20(33-22)15-32-26(24)35-11-3-6-19-21(35)7-2-10-30-19;27-24-17-4-1-9-29-19(17)14-26(24)7-12-33(13-8-26)22-16-30-23-20(32-22)15-31-25(23)34-11-3-5-18-21(34)6-2-10-28-18/h2,4-5,7-8,15,17-18,29H,3,6,9-14,16,33H2,1H3;2-3,5-6,8,12,17,25H,4,7,9-11,13-16,29H2,1H3;1-2,4-5,7,10,16,25H,3,6,8-9,11-15,29H2;1-2,4,6,9-10,16,24H,3,5,7-8,11-15,27H2/t29-;2*25-;24-/m1111/s1. The van der Waals surface area contributed by atoms with Crippen molar-refractivity contribution >= 4 is 69.4 Å². The molecule has 4 spiro atoms. The Morgan fingerprint density at radius 3 is 1.16 bits per heavy atom. The number of piperidine rings is 4.